The predicted octanol–water partition coefficient (Wildman–Crippen LogP) is 5.36. The summed E-state index contributed by atoms with van der Waals surface area (Å²) in [5.74, 6) is 0.214. The summed E-state index contributed by atoms with van der Waals surface area (Å²) in [6.07, 6.45) is 6.32. The van der Waals surface area contributed by atoms with E-state index in [1.54, 1.807) is 12.1 Å². The Balaban J connectivity index is 1.53. The number of hydrogen-bond acceptors (Lipinski definition) is 2. The standard InChI is InChI=1S/C22H23ClFNO2/c23-16-9-8-15(18(24)13-16)12-21(26)25-19-14-22(10-4-1-5-11-22)27-20-7-3-2-6-17(19)20/h2-3,6-9,13,19H,1,4-5,10-12,14H2,(H,25,26). The van der Waals surface area contributed by atoms with Gasteiger partial charge in [-0.3, -0.25) is 4.79 Å². The van der Waals surface area contributed by atoms with Crippen LogP contribution in [0.15, 0.2) is 42.5 Å². The molecule has 1 amide bonds. The third kappa shape index (κ3) is 3.96. The molecule has 4 rings (SSSR count). The van der Waals surface area contributed by atoms with E-state index in [1.165, 1.54) is 12.5 Å². The van der Waals surface area contributed by atoms with E-state index in [0.29, 0.717) is 10.6 Å². The average molecular weight is 388 g/mol. The SMILES string of the molecule is O=C(Cc1ccc(Cl)cc1F)NC1CC2(CCCCC2)Oc2ccccc21. The van der Waals surface area contributed by atoms with Gasteiger partial charge in [-0.1, -0.05) is 42.3 Å². The fourth-order valence-electron chi connectivity index (χ4n) is 4.33. The van der Waals surface area contributed by atoms with Gasteiger partial charge in [0.1, 0.15) is 17.2 Å². The normalized spacial score (nSPS) is 20.6. The molecule has 2 aromatic rings. The molecule has 5 heteroatoms. The summed E-state index contributed by atoms with van der Waals surface area (Å²) < 4.78 is 20.4. The second-order valence-corrected chi connectivity index (χ2v) is 8.06. The first-order chi connectivity index (χ1) is 13.0. The maximum atomic E-state index is 14.0. The predicted molar refractivity (Wildman–Crippen MR) is 104 cm³/mol. The molecule has 1 N–H and O–H groups in total. The van der Waals surface area contributed by atoms with Crippen LogP contribution < -0.4 is 10.1 Å². The molecule has 0 bridgehead atoms. The molecular formula is C22H23ClFNO2. The number of amides is 1. The van der Waals surface area contributed by atoms with E-state index in [9.17, 15) is 9.18 Å². The molecule has 1 atom stereocenters. The molecule has 0 aromatic heterocycles. The van der Waals surface area contributed by atoms with Crippen molar-refractivity contribution in [3.63, 3.8) is 0 Å². The van der Waals surface area contributed by atoms with Crippen LogP contribution in [0.25, 0.3) is 0 Å². The van der Waals surface area contributed by atoms with E-state index in [2.05, 4.69) is 5.32 Å². The third-order valence-electron chi connectivity index (χ3n) is 5.66. The number of hydrogen-bond donors (Lipinski definition) is 1. The quantitative estimate of drug-likeness (QED) is 0.769. The number of fused-ring (bicyclic) bond motifs is 1. The zero-order valence-electron chi connectivity index (χ0n) is 15.1. The van der Waals surface area contributed by atoms with Crippen LogP contribution in [0.2, 0.25) is 5.02 Å². The van der Waals surface area contributed by atoms with E-state index < -0.39 is 5.82 Å². The lowest BCUT2D eigenvalue weighted by Crippen LogP contribution is -2.46. The summed E-state index contributed by atoms with van der Waals surface area (Å²) >= 11 is 5.79. The lowest BCUT2D eigenvalue weighted by Gasteiger charge is -2.44. The van der Waals surface area contributed by atoms with Crippen LogP contribution >= 0.6 is 11.6 Å². The van der Waals surface area contributed by atoms with Gasteiger partial charge < -0.3 is 10.1 Å². The minimum Gasteiger partial charge on any atom is -0.487 e. The summed E-state index contributed by atoms with van der Waals surface area (Å²) in [5, 5.41) is 3.45. The Morgan fingerprint density at radius 3 is 2.74 bits per heavy atom. The fraction of sp³-hybridized carbons (Fsp3) is 0.409. The van der Waals surface area contributed by atoms with Crippen molar-refractivity contribution >= 4 is 17.5 Å². The number of carbonyl (C=O) groups excluding carboxylic acids is 1. The zero-order chi connectivity index (χ0) is 18.9. The lowest BCUT2D eigenvalue weighted by molar-refractivity contribution is -0.122. The Morgan fingerprint density at radius 1 is 1.19 bits per heavy atom. The first kappa shape index (κ1) is 18.3. The Morgan fingerprint density at radius 2 is 1.96 bits per heavy atom. The van der Waals surface area contributed by atoms with Gasteiger partial charge in [-0.15, -0.1) is 0 Å². The van der Waals surface area contributed by atoms with Crippen LogP contribution in [0.4, 0.5) is 4.39 Å². The second kappa shape index (κ2) is 7.51. The van der Waals surface area contributed by atoms with Crippen LogP contribution in [-0.4, -0.2) is 11.5 Å². The summed E-state index contributed by atoms with van der Waals surface area (Å²) in [6, 6.07) is 12.2. The number of ether oxygens (including phenoxy) is 1. The van der Waals surface area contributed by atoms with Crippen molar-refractivity contribution < 1.29 is 13.9 Å². The second-order valence-electron chi connectivity index (χ2n) is 7.62. The maximum absolute atomic E-state index is 14.0. The van der Waals surface area contributed by atoms with Crippen LogP contribution in [0.5, 0.6) is 5.75 Å². The summed E-state index contributed by atoms with van der Waals surface area (Å²) in [6.45, 7) is 0. The van der Waals surface area contributed by atoms with E-state index in [4.69, 9.17) is 16.3 Å². The van der Waals surface area contributed by atoms with Gasteiger partial charge in [-0.25, -0.2) is 4.39 Å². The van der Waals surface area contributed by atoms with Crippen molar-refractivity contribution in [2.75, 3.05) is 0 Å². The van der Waals surface area contributed by atoms with Gasteiger partial charge in [0, 0.05) is 17.0 Å². The third-order valence-corrected chi connectivity index (χ3v) is 5.90. The molecule has 1 saturated carbocycles. The Hall–Kier alpha value is -2.07. The van der Waals surface area contributed by atoms with Gasteiger partial charge in [0.25, 0.3) is 0 Å². The highest BCUT2D eigenvalue weighted by Crippen LogP contribution is 2.46. The Kier molecular flexibility index (Phi) is 5.09. The van der Waals surface area contributed by atoms with Crippen molar-refractivity contribution in [2.45, 2.75) is 56.6 Å². The highest BCUT2D eigenvalue weighted by Gasteiger charge is 2.42. The van der Waals surface area contributed by atoms with E-state index >= 15 is 0 Å². The molecule has 2 aliphatic rings. The summed E-state index contributed by atoms with van der Waals surface area (Å²) in [5.41, 5.74) is 1.15. The molecule has 1 spiro atoms. The molecule has 0 radical (unpaired) electrons. The van der Waals surface area contributed by atoms with E-state index in [0.717, 1.165) is 43.4 Å². The largest absolute Gasteiger partial charge is 0.487 e. The van der Waals surface area contributed by atoms with Gasteiger partial charge in [0.05, 0.1) is 12.5 Å². The van der Waals surface area contributed by atoms with Crippen molar-refractivity contribution in [3.05, 3.63) is 64.4 Å². The molecule has 0 saturated heterocycles. The molecule has 1 aliphatic heterocycles. The molecule has 1 aliphatic carbocycles. The maximum Gasteiger partial charge on any atom is 0.225 e. The molecule has 1 heterocycles. The highest BCUT2D eigenvalue weighted by molar-refractivity contribution is 6.30. The van der Waals surface area contributed by atoms with Crippen molar-refractivity contribution in [2.24, 2.45) is 0 Å². The first-order valence-electron chi connectivity index (χ1n) is 9.56. The molecular weight excluding hydrogens is 365 g/mol. The minimum absolute atomic E-state index is 0.00444. The highest BCUT2D eigenvalue weighted by atomic mass is 35.5. The number of carbonyl (C=O) groups is 1. The summed E-state index contributed by atoms with van der Waals surface area (Å²) in [7, 11) is 0. The van der Waals surface area contributed by atoms with Gasteiger partial charge >= 0.3 is 0 Å². The molecule has 27 heavy (non-hydrogen) atoms. The monoisotopic (exact) mass is 387 g/mol. The number of nitrogens with one attached hydrogen (secondary N) is 1. The average Bonchev–Trinajstić information content (AvgIpc) is 2.64. The Bertz CT molecular complexity index is 848. The molecule has 142 valence electrons. The molecule has 1 unspecified atom stereocenters. The van der Waals surface area contributed by atoms with Crippen LogP contribution in [-0.2, 0) is 11.2 Å². The van der Waals surface area contributed by atoms with Crippen molar-refractivity contribution in [1.29, 1.82) is 0 Å². The van der Waals surface area contributed by atoms with E-state index in [-0.39, 0.29) is 24.0 Å². The molecule has 1 fully saturated rings. The topological polar surface area (TPSA) is 38.3 Å². The minimum atomic E-state index is -0.450. The van der Waals surface area contributed by atoms with Crippen LogP contribution in [0.1, 0.15) is 55.7 Å². The van der Waals surface area contributed by atoms with Crippen LogP contribution in [0, 0.1) is 5.82 Å². The van der Waals surface area contributed by atoms with Crippen molar-refractivity contribution in [3.8, 4) is 5.75 Å². The number of benzene rings is 2. The summed E-state index contributed by atoms with van der Waals surface area (Å²) in [4.78, 5) is 12.6. The fourth-order valence-corrected chi connectivity index (χ4v) is 4.49. The lowest BCUT2D eigenvalue weighted by atomic mass is 9.77. The smallest absolute Gasteiger partial charge is 0.225 e. The van der Waals surface area contributed by atoms with Crippen LogP contribution in [0.3, 0.4) is 0 Å². The van der Waals surface area contributed by atoms with Gasteiger partial charge in [-0.05, 0) is 49.4 Å². The van der Waals surface area contributed by atoms with E-state index in [1.807, 2.05) is 24.3 Å². The van der Waals surface area contributed by atoms with Gasteiger partial charge in [0.2, 0.25) is 5.91 Å². The van der Waals surface area contributed by atoms with Gasteiger partial charge in [0.15, 0.2) is 0 Å². The van der Waals surface area contributed by atoms with Gasteiger partial charge in [-0.2, -0.15) is 0 Å². The Labute approximate surface area is 163 Å². The molecule has 2 aromatic carbocycles. The number of rotatable bonds is 3. The molecule has 3 nitrogen and oxygen atoms in total. The van der Waals surface area contributed by atoms with Crippen molar-refractivity contribution in [1.82, 2.24) is 5.32 Å². The number of halogens is 2. The zero-order valence-corrected chi connectivity index (χ0v) is 15.9. The number of para-hydroxylation sites is 1. The first-order valence-corrected chi connectivity index (χ1v) is 9.94.